The van der Waals surface area contributed by atoms with E-state index in [0.29, 0.717) is 0 Å². The summed E-state index contributed by atoms with van der Waals surface area (Å²) >= 11 is 0. The summed E-state index contributed by atoms with van der Waals surface area (Å²) < 4.78 is 32.5. The summed E-state index contributed by atoms with van der Waals surface area (Å²) in [6.45, 7) is 6.19. The number of hydrogen-bond acceptors (Lipinski definition) is 12. The van der Waals surface area contributed by atoms with E-state index in [-0.39, 0.29) is 24.5 Å². The van der Waals surface area contributed by atoms with Gasteiger partial charge in [-0.25, -0.2) is 4.79 Å². The summed E-state index contributed by atoms with van der Waals surface area (Å²) in [6.07, 6.45) is -3.61. The van der Waals surface area contributed by atoms with Gasteiger partial charge in [0.1, 0.15) is 18.8 Å². The fourth-order valence-electron chi connectivity index (χ4n) is 3.59. The van der Waals surface area contributed by atoms with Crippen molar-refractivity contribution in [3.8, 4) is 0 Å². The van der Waals surface area contributed by atoms with E-state index in [4.69, 9.17) is 28.4 Å². The van der Waals surface area contributed by atoms with Crippen LogP contribution in [0, 0.1) is 16.0 Å². The molecule has 0 bridgehead atoms. The molecule has 0 saturated carbocycles. The molecule has 202 valence electrons. The molecule has 1 heterocycles. The lowest BCUT2D eigenvalue weighted by molar-refractivity contribution is -0.385. The van der Waals surface area contributed by atoms with Crippen LogP contribution in [-0.2, 0) is 47.6 Å². The van der Waals surface area contributed by atoms with Crippen molar-refractivity contribution in [1.29, 1.82) is 0 Å². The van der Waals surface area contributed by atoms with Gasteiger partial charge in [0.2, 0.25) is 12.0 Å². The van der Waals surface area contributed by atoms with Crippen molar-refractivity contribution in [1.82, 2.24) is 0 Å². The number of rotatable bonds is 10. The van der Waals surface area contributed by atoms with Crippen LogP contribution in [0.5, 0.6) is 0 Å². The van der Waals surface area contributed by atoms with E-state index in [9.17, 15) is 29.3 Å². The van der Waals surface area contributed by atoms with E-state index < -0.39 is 65.1 Å². The normalized spacial score (nSPS) is 23.4. The minimum Gasteiger partial charge on any atom is -0.463 e. The molecule has 13 nitrogen and oxygen atoms in total. The van der Waals surface area contributed by atoms with Crippen LogP contribution in [0.4, 0.5) is 5.69 Å². The van der Waals surface area contributed by atoms with E-state index in [1.165, 1.54) is 24.3 Å². The van der Waals surface area contributed by atoms with Crippen LogP contribution in [0.1, 0.15) is 40.2 Å². The summed E-state index contributed by atoms with van der Waals surface area (Å²) in [5, 5.41) is 11.4. The molecule has 2 rings (SSSR count). The number of nitrogens with zero attached hydrogens (tertiary/aromatic N) is 1. The maximum atomic E-state index is 12.7. The van der Waals surface area contributed by atoms with Gasteiger partial charge in [0.15, 0.2) is 6.10 Å². The molecule has 0 spiro atoms. The van der Waals surface area contributed by atoms with Gasteiger partial charge in [-0.2, -0.15) is 0 Å². The van der Waals surface area contributed by atoms with Crippen LogP contribution < -0.4 is 0 Å². The quantitative estimate of drug-likeness (QED) is 0.110. The summed E-state index contributed by atoms with van der Waals surface area (Å²) in [5.74, 6) is -4.22. The van der Waals surface area contributed by atoms with Crippen molar-refractivity contribution in [3.05, 3.63) is 45.7 Å². The number of para-hydroxylation sites is 1. The van der Waals surface area contributed by atoms with Crippen molar-refractivity contribution >= 4 is 35.6 Å². The lowest BCUT2D eigenvalue weighted by Gasteiger charge is -2.43. The first-order valence-electron chi connectivity index (χ1n) is 11.4. The Kier molecular flexibility index (Phi) is 10.5. The number of benzene rings is 1. The third kappa shape index (κ3) is 8.27. The molecular weight excluding hydrogens is 494 g/mol. The first kappa shape index (κ1) is 29.2. The molecule has 0 aromatic heterocycles. The molecule has 0 unspecified atom stereocenters. The minimum absolute atomic E-state index is 0.0167. The lowest BCUT2D eigenvalue weighted by atomic mass is 9.91. The number of carbonyl (C=O) groups is 4. The fourth-order valence-corrected chi connectivity index (χ4v) is 3.59. The van der Waals surface area contributed by atoms with Crippen molar-refractivity contribution in [3.63, 3.8) is 0 Å². The number of nitro groups is 1. The topological polar surface area (TPSA) is 167 Å². The maximum absolute atomic E-state index is 12.7. The summed E-state index contributed by atoms with van der Waals surface area (Å²) in [6, 6.07) is 5.67. The fraction of sp³-hybridized carbons (Fsp3) is 0.500. The Bertz CT molecular complexity index is 1050. The summed E-state index contributed by atoms with van der Waals surface area (Å²) in [7, 11) is 0. The Hall–Kier alpha value is -4.00. The Morgan fingerprint density at radius 1 is 0.973 bits per heavy atom. The lowest BCUT2D eigenvalue weighted by Crippen LogP contribution is -2.58. The Balaban J connectivity index is 2.50. The molecule has 1 aromatic carbocycles. The van der Waals surface area contributed by atoms with Crippen LogP contribution >= 0.6 is 0 Å². The van der Waals surface area contributed by atoms with Crippen LogP contribution in [0.25, 0.3) is 6.08 Å². The molecule has 37 heavy (non-hydrogen) atoms. The van der Waals surface area contributed by atoms with Crippen LogP contribution in [0.15, 0.2) is 30.0 Å². The first-order valence-corrected chi connectivity index (χ1v) is 11.4. The van der Waals surface area contributed by atoms with Gasteiger partial charge in [0.05, 0.1) is 23.0 Å². The monoisotopic (exact) mass is 523 g/mol. The highest BCUT2D eigenvalue weighted by molar-refractivity contribution is 5.92. The van der Waals surface area contributed by atoms with Crippen molar-refractivity contribution in [2.45, 2.75) is 59.2 Å². The number of nitro benzene ring substituents is 1. The number of esters is 4. The van der Waals surface area contributed by atoms with Crippen molar-refractivity contribution in [2.24, 2.45) is 5.92 Å². The number of carbonyl (C=O) groups excluding carboxylic acids is 4. The highest BCUT2D eigenvalue weighted by Gasteiger charge is 2.50. The third-order valence-corrected chi connectivity index (χ3v) is 5.14. The maximum Gasteiger partial charge on any atom is 0.373 e. The van der Waals surface area contributed by atoms with Crippen LogP contribution in [0.3, 0.4) is 0 Å². The summed E-state index contributed by atoms with van der Waals surface area (Å²) in [4.78, 5) is 58.6. The van der Waals surface area contributed by atoms with Crippen LogP contribution in [-0.4, -0.2) is 66.6 Å². The molecule has 5 atom stereocenters. The zero-order valence-corrected chi connectivity index (χ0v) is 21.0. The van der Waals surface area contributed by atoms with Gasteiger partial charge in [0, 0.05) is 32.9 Å². The second kappa shape index (κ2) is 13.3. The van der Waals surface area contributed by atoms with Gasteiger partial charge in [-0.3, -0.25) is 24.5 Å². The molecule has 0 aliphatic carbocycles. The molecule has 1 saturated heterocycles. The first-order chi connectivity index (χ1) is 17.4. The Morgan fingerprint density at radius 3 is 2.16 bits per heavy atom. The van der Waals surface area contributed by atoms with E-state index in [0.717, 1.165) is 26.8 Å². The highest BCUT2D eigenvalue weighted by atomic mass is 16.7. The zero-order chi connectivity index (χ0) is 27.7. The smallest absolute Gasteiger partial charge is 0.373 e. The summed E-state index contributed by atoms with van der Waals surface area (Å²) in [5.41, 5.74) is -0.226. The van der Waals surface area contributed by atoms with Gasteiger partial charge < -0.3 is 28.4 Å². The van der Waals surface area contributed by atoms with Crippen LogP contribution in [0.2, 0.25) is 0 Å². The molecule has 1 aliphatic heterocycles. The van der Waals surface area contributed by atoms with E-state index in [1.54, 1.807) is 13.8 Å². The minimum atomic E-state index is -1.31. The van der Waals surface area contributed by atoms with Gasteiger partial charge in [-0.1, -0.05) is 19.1 Å². The molecule has 1 aliphatic rings. The molecule has 0 N–H and O–H groups in total. The van der Waals surface area contributed by atoms with Gasteiger partial charge in [-0.05, 0) is 13.0 Å². The SMILES string of the molecule is CCOC(=O)/C(=C/c1ccccc1[N+](=O)[O-])O[C@H]1O[C@@H](COC(C)=O)[C@@H](OC(C)=O)[C@@H](OC(C)=O)[C@@H]1C. The highest BCUT2D eigenvalue weighted by Crippen LogP contribution is 2.33. The molecule has 1 fully saturated rings. The average Bonchev–Trinajstić information content (AvgIpc) is 2.81. The van der Waals surface area contributed by atoms with Gasteiger partial charge in [0.25, 0.3) is 5.69 Å². The van der Waals surface area contributed by atoms with Crippen molar-refractivity contribution < 1.29 is 52.5 Å². The molecule has 1 aromatic rings. The van der Waals surface area contributed by atoms with E-state index >= 15 is 0 Å². The molecular formula is C24H29NO12. The van der Waals surface area contributed by atoms with E-state index in [2.05, 4.69) is 0 Å². The second-order valence-corrected chi connectivity index (χ2v) is 8.02. The number of hydrogen-bond donors (Lipinski definition) is 0. The predicted octanol–water partition coefficient (Wildman–Crippen LogP) is 2.30. The average molecular weight is 523 g/mol. The predicted molar refractivity (Wildman–Crippen MR) is 124 cm³/mol. The molecule has 0 radical (unpaired) electrons. The standard InChI is InChI=1S/C24H29NO12/c1-6-32-23(29)19(11-17-9-7-8-10-18(17)25(30)31)36-24-13(2)21(34-15(4)27)22(35-16(5)28)20(37-24)12-33-14(3)26/h7-11,13,20-22,24H,6,12H2,1-5H3/b19-11-/t13-,20-,21-,22+,24-/m0/s1. The van der Waals surface area contributed by atoms with Gasteiger partial charge in [-0.15, -0.1) is 0 Å². The third-order valence-electron chi connectivity index (χ3n) is 5.14. The molecule has 0 amide bonds. The Morgan fingerprint density at radius 2 is 1.59 bits per heavy atom. The second-order valence-electron chi connectivity index (χ2n) is 8.02. The number of ether oxygens (including phenoxy) is 6. The largest absolute Gasteiger partial charge is 0.463 e. The van der Waals surface area contributed by atoms with Crippen molar-refractivity contribution in [2.75, 3.05) is 13.2 Å². The van der Waals surface area contributed by atoms with E-state index in [1.807, 2.05) is 0 Å². The van der Waals surface area contributed by atoms with Gasteiger partial charge >= 0.3 is 23.9 Å². The Labute approximate surface area is 212 Å². The zero-order valence-electron chi connectivity index (χ0n) is 21.0. The molecule has 13 heteroatoms.